The summed E-state index contributed by atoms with van der Waals surface area (Å²) < 4.78 is 10.5. The summed E-state index contributed by atoms with van der Waals surface area (Å²) in [6.07, 6.45) is 4.26. The number of fused-ring (bicyclic) bond motifs is 1. The number of aromatic nitrogens is 1. The van der Waals surface area contributed by atoms with E-state index in [-0.39, 0.29) is 5.91 Å². The highest BCUT2D eigenvalue weighted by Gasteiger charge is 2.24. The number of amides is 1. The maximum absolute atomic E-state index is 12.5. The molecule has 6 nitrogen and oxygen atoms in total. The summed E-state index contributed by atoms with van der Waals surface area (Å²) in [6, 6.07) is 13.8. The van der Waals surface area contributed by atoms with Gasteiger partial charge in [0.15, 0.2) is 0 Å². The van der Waals surface area contributed by atoms with Crippen molar-refractivity contribution < 1.29 is 14.3 Å². The lowest BCUT2D eigenvalue weighted by atomic mass is 9.89. The molecule has 1 aliphatic heterocycles. The van der Waals surface area contributed by atoms with Crippen LogP contribution in [0.2, 0.25) is 0 Å². The first-order chi connectivity index (χ1) is 14.2. The fourth-order valence-corrected chi connectivity index (χ4v) is 4.12. The predicted molar refractivity (Wildman–Crippen MR) is 115 cm³/mol. The van der Waals surface area contributed by atoms with Crippen LogP contribution < -0.4 is 14.8 Å². The molecule has 1 amide bonds. The van der Waals surface area contributed by atoms with E-state index in [4.69, 9.17) is 9.47 Å². The van der Waals surface area contributed by atoms with E-state index >= 15 is 0 Å². The van der Waals surface area contributed by atoms with Gasteiger partial charge in [-0.1, -0.05) is 18.2 Å². The molecule has 2 N–H and O–H groups in total. The smallest absolute Gasteiger partial charge is 0.238 e. The SMILES string of the molecule is COc1cc(NC(=O)CN2CCC(c3c[nH]c4ccccc34)CC2)cc(OC)c1. The highest BCUT2D eigenvalue weighted by atomic mass is 16.5. The van der Waals surface area contributed by atoms with Crippen molar-refractivity contribution in [3.63, 3.8) is 0 Å². The standard InChI is InChI=1S/C23H27N3O3/c1-28-18-11-17(12-19(13-18)29-2)25-23(27)15-26-9-7-16(8-10-26)21-14-24-22-6-4-3-5-20(21)22/h3-6,11-14,16,24H,7-10,15H2,1-2H3,(H,25,27). The average molecular weight is 393 g/mol. The number of ether oxygens (including phenoxy) is 2. The third-order valence-electron chi connectivity index (χ3n) is 5.65. The fourth-order valence-electron chi connectivity index (χ4n) is 4.12. The molecule has 0 saturated carbocycles. The van der Waals surface area contributed by atoms with E-state index in [0.717, 1.165) is 25.9 Å². The summed E-state index contributed by atoms with van der Waals surface area (Å²) in [4.78, 5) is 18.1. The number of carbonyl (C=O) groups excluding carboxylic acids is 1. The summed E-state index contributed by atoms with van der Waals surface area (Å²) >= 11 is 0. The van der Waals surface area contributed by atoms with E-state index < -0.39 is 0 Å². The Morgan fingerprint density at radius 2 is 1.79 bits per heavy atom. The van der Waals surface area contributed by atoms with Crippen LogP contribution in [0.5, 0.6) is 11.5 Å². The molecule has 0 bridgehead atoms. The number of anilines is 1. The molecule has 4 rings (SSSR count). The number of para-hydroxylation sites is 1. The summed E-state index contributed by atoms with van der Waals surface area (Å²) in [5.74, 6) is 1.82. The van der Waals surface area contributed by atoms with E-state index in [0.29, 0.717) is 29.6 Å². The number of aromatic amines is 1. The van der Waals surface area contributed by atoms with Crippen LogP contribution in [0.3, 0.4) is 0 Å². The Morgan fingerprint density at radius 1 is 1.10 bits per heavy atom. The van der Waals surface area contributed by atoms with E-state index in [1.165, 1.54) is 16.5 Å². The molecular formula is C23H27N3O3. The molecule has 152 valence electrons. The van der Waals surface area contributed by atoms with Crippen molar-refractivity contribution in [2.45, 2.75) is 18.8 Å². The van der Waals surface area contributed by atoms with Crippen LogP contribution in [0.1, 0.15) is 24.3 Å². The molecule has 0 radical (unpaired) electrons. The first-order valence-corrected chi connectivity index (χ1v) is 9.97. The second-order valence-corrected chi connectivity index (χ2v) is 7.49. The largest absolute Gasteiger partial charge is 0.497 e. The summed E-state index contributed by atoms with van der Waals surface area (Å²) in [5.41, 5.74) is 3.27. The quantitative estimate of drug-likeness (QED) is 0.664. The zero-order valence-electron chi connectivity index (χ0n) is 16.9. The molecule has 3 aromatic rings. The molecule has 1 fully saturated rings. The van der Waals surface area contributed by atoms with Gasteiger partial charge in [0, 0.05) is 41.0 Å². The van der Waals surface area contributed by atoms with Gasteiger partial charge >= 0.3 is 0 Å². The van der Waals surface area contributed by atoms with Gasteiger partial charge in [0.2, 0.25) is 5.91 Å². The number of methoxy groups -OCH3 is 2. The van der Waals surface area contributed by atoms with Crippen LogP contribution in [0.4, 0.5) is 5.69 Å². The number of hydrogen-bond acceptors (Lipinski definition) is 4. The molecule has 1 aromatic heterocycles. The highest BCUT2D eigenvalue weighted by Crippen LogP contribution is 2.33. The van der Waals surface area contributed by atoms with Gasteiger partial charge in [-0.15, -0.1) is 0 Å². The van der Waals surface area contributed by atoms with Gasteiger partial charge in [-0.25, -0.2) is 0 Å². The van der Waals surface area contributed by atoms with Crippen molar-refractivity contribution >= 4 is 22.5 Å². The number of benzene rings is 2. The summed E-state index contributed by atoms with van der Waals surface area (Å²) in [5, 5.41) is 4.27. The molecule has 1 saturated heterocycles. The number of nitrogens with one attached hydrogen (secondary N) is 2. The monoisotopic (exact) mass is 393 g/mol. The van der Waals surface area contributed by atoms with Crippen LogP contribution in [0.25, 0.3) is 10.9 Å². The molecule has 1 aliphatic rings. The molecule has 2 heterocycles. The number of H-pyrrole nitrogens is 1. The third-order valence-corrected chi connectivity index (χ3v) is 5.65. The maximum atomic E-state index is 12.5. The second kappa shape index (κ2) is 8.57. The summed E-state index contributed by atoms with van der Waals surface area (Å²) in [7, 11) is 3.19. The van der Waals surface area contributed by atoms with Gasteiger partial charge in [0.1, 0.15) is 11.5 Å². The average Bonchev–Trinajstić information content (AvgIpc) is 3.18. The Bertz CT molecular complexity index is 968. The minimum atomic E-state index is -0.0224. The molecule has 2 aromatic carbocycles. The van der Waals surface area contributed by atoms with Crippen molar-refractivity contribution in [2.75, 3.05) is 39.2 Å². The number of hydrogen-bond donors (Lipinski definition) is 2. The Labute approximate surface area is 170 Å². The topological polar surface area (TPSA) is 66.6 Å². The lowest BCUT2D eigenvalue weighted by molar-refractivity contribution is -0.117. The third kappa shape index (κ3) is 4.38. The molecule has 0 unspecified atom stereocenters. The zero-order valence-corrected chi connectivity index (χ0v) is 16.9. The Hall–Kier alpha value is -2.99. The van der Waals surface area contributed by atoms with Crippen LogP contribution in [0.15, 0.2) is 48.7 Å². The van der Waals surface area contributed by atoms with Crippen molar-refractivity contribution in [3.8, 4) is 11.5 Å². The highest BCUT2D eigenvalue weighted by molar-refractivity contribution is 5.92. The number of rotatable bonds is 6. The Balaban J connectivity index is 1.33. The normalized spacial score (nSPS) is 15.4. The van der Waals surface area contributed by atoms with Gasteiger partial charge in [-0.2, -0.15) is 0 Å². The van der Waals surface area contributed by atoms with Crippen LogP contribution >= 0.6 is 0 Å². The molecule has 0 aliphatic carbocycles. The van der Waals surface area contributed by atoms with Crippen LogP contribution in [-0.4, -0.2) is 49.6 Å². The van der Waals surface area contributed by atoms with Gasteiger partial charge in [0.25, 0.3) is 0 Å². The van der Waals surface area contributed by atoms with Crippen molar-refractivity contribution in [3.05, 3.63) is 54.2 Å². The van der Waals surface area contributed by atoms with E-state index in [9.17, 15) is 4.79 Å². The maximum Gasteiger partial charge on any atom is 0.238 e. The number of likely N-dealkylation sites (tertiary alicyclic amines) is 1. The first-order valence-electron chi connectivity index (χ1n) is 9.97. The molecule has 0 spiro atoms. The minimum absolute atomic E-state index is 0.0224. The van der Waals surface area contributed by atoms with Gasteiger partial charge in [0.05, 0.1) is 20.8 Å². The summed E-state index contributed by atoms with van der Waals surface area (Å²) in [6.45, 7) is 2.22. The number of carbonyl (C=O) groups is 1. The lowest BCUT2D eigenvalue weighted by Crippen LogP contribution is -2.38. The van der Waals surface area contributed by atoms with E-state index in [1.54, 1.807) is 32.4 Å². The molecular weight excluding hydrogens is 366 g/mol. The first kappa shape index (κ1) is 19.3. The molecule has 0 atom stereocenters. The van der Waals surface area contributed by atoms with Crippen molar-refractivity contribution in [1.82, 2.24) is 9.88 Å². The number of nitrogens with zero attached hydrogens (tertiary/aromatic N) is 1. The van der Waals surface area contributed by atoms with Crippen molar-refractivity contribution in [1.29, 1.82) is 0 Å². The predicted octanol–water partition coefficient (Wildman–Crippen LogP) is 4.00. The van der Waals surface area contributed by atoms with Crippen LogP contribution in [-0.2, 0) is 4.79 Å². The van der Waals surface area contributed by atoms with Gasteiger partial charge in [-0.05, 0) is 43.5 Å². The van der Waals surface area contributed by atoms with E-state index in [1.807, 2.05) is 0 Å². The lowest BCUT2D eigenvalue weighted by Gasteiger charge is -2.31. The van der Waals surface area contributed by atoms with Crippen LogP contribution in [0, 0.1) is 0 Å². The minimum Gasteiger partial charge on any atom is -0.497 e. The zero-order chi connectivity index (χ0) is 20.2. The number of piperidine rings is 1. The molecule has 6 heteroatoms. The second-order valence-electron chi connectivity index (χ2n) is 7.49. The van der Waals surface area contributed by atoms with Gasteiger partial charge < -0.3 is 19.8 Å². The molecule has 29 heavy (non-hydrogen) atoms. The Kier molecular flexibility index (Phi) is 5.71. The van der Waals surface area contributed by atoms with E-state index in [2.05, 4.69) is 45.7 Å². The fraction of sp³-hybridized carbons (Fsp3) is 0.348. The Morgan fingerprint density at radius 3 is 2.48 bits per heavy atom. The van der Waals surface area contributed by atoms with Gasteiger partial charge in [-0.3, -0.25) is 9.69 Å². The van der Waals surface area contributed by atoms with Crippen molar-refractivity contribution in [2.24, 2.45) is 0 Å².